The molecule has 0 saturated heterocycles. The molecule has 2 rings (SSSR count). The average molecular weight is 321 g/mol. The standard InChI is InChI=1S/C12H12BrClFNO/c13-9-2-1-8(5-10(9)15)11(17)16-7-12(6-14)3-4-12/h1-2,5H,3-4,6-7H2,(H,16,17). The Morgan fingerprint density at radius 2 is 2.24 bits per heavy atom. The van der Waals surface area contributed by atoms with Crippen molar-refractivity contribution in [1.29, 1.82) is 0 Å². The van der Waals surface area contributed by atoms with Crippen LogP contribution in [-0.2, 0) is 0 Å². The van der Waals surface area contributed by atoms with Crippen LogP contribution in [0.2, 0.25) is 0 Å². The van der Waals surface area contributed by atoms with Gasteiger partial charge in [0.15, 0.2) is 0 Å². The van der Waals surface area contributed by atoms with E-state index in [4.69, 9.17) is 11.6 Å². The highest BCUT2D eigenvalue weighted by molar-refractivity contribution is 9.10. The quantitative estimate of drug-likeness (QED) is 0.847. The highest BCUT2D eigenvalue weighted by Gasteiger charge is 2.41. The Morgan fingerprint density at radius 3 is 2.76 bits per heavy atom. The SMILES string of the molecule is O=C(NCC1(CCl)CC1)c1ccc(Br)c(F)c1. The third kappa shape index (κ3) is 2.99. The number of carbonyl (C=O) groups is 1. The second kappa shape index (κ2) is 4.94. The van der Waals surface area contributed by atoms with Crippen molar-refractivity contribution >= 4 is 33.4 Å². The van der Waals surface area contributed by atoms with Crippen LogP contribution in [0.15, 0.2) is 22.7 Å². The highest BCUT2D eigenvalue weighted by atomic mass is 79.9. The Hall–Kier alpha value is -0.610. The highest BCUT2D eigenvalue weighted by Crippen LogP contribution is 2.45. The van der Waals surface area contributed by atoms with E-state index in [2.05, 4.69) is 21.2 Å². The van der Waals surface area contributed by atoms with Gasteiger partial charge < -0.3 is 5.32 Å². The molecule has 0 atom stereocenters. The van der Waals surface area contributed by atoms with E-state index in [0.29, 0.717) is 22.5 Å². The Labute approximate surface area is 113 Å². The Kier molecular flexibility index (Phi) is 3.73. The molecule has 1 N–H and O–H groups in total. The number of nitrogens with one attached hydrogen (secondary N) is 1. The van der Waals surface area contributed by atoms with Crippen LogP contribution in [0, 0.1) is 11.2 Å². The summed E-state index contributed by atoms with van der Waals surface area (Å²) in [5.74, 6) is -0.133. The molecule has 0 aliphatic heterocycles. The lowest BCUT2D eigenvalue weighted by atomic mass is 10.1. The lowest BCUT2D eigenvalue weighted by Crippen LogP contribution is -2.31. The zero-order valence-corrected chi connectivity index (χ0v) is 11.4. The van der Waals surface area contributed by atoms with Crippen LogP contribution in [-0.4, -0.2) is 18.3 Å². The molecule has 0 aromatic heterocycles. The van der Waals surface area contributed by atoms with E-state index >= 15 is 0 Å². The van der Waals surface area contributed by atoms with Crippen LogP contribution in [0.5, 0.6) is 0 Å². The molecule has 1 saturated carbocycles. The van der Waals surface area contributed by atoms with Gasteiger partial charge in [0.2, 0.25) is 0 Å². The predicted octanol–water partition coefficient (Wildman–Crippen LogP) is 3.34. The summed E-state index contributed by atoms with van der Waals surface area (Å²) < 4.78 is 13.6. The van der Waals surface area contributed by atoms with E-state index in [1.807, 2.05) is 0 Å². The molecule has 1 aliphatic rings. The minimum atomic E-state index is -0.434. The predicted molar refractivity (Wildman–Crippen MR) is 68.8 cm³/mol. The van der Waals surface area contributed by atoms with Crippen molar-refractivity contribution in [2.24, 2.45) is 5.41 Å². The number of hydrogen-bond donors (Lipinski definition) is 1. The van der Waals surface area contributed by atoms with E-state index in [1.54, 1.807) is 6.07 Å². The Balaban J connectivity index is 1.97. The van der Waals surface area contributed by atoms with Crippen molar-refractivity contribution in [2.45, 2.75) is 12.8 Å². The summed E-state index contributed by atoms with van der Waals surface area (Å²) in [4.78, 5) is 11.8. The third-order valence-corrected chi connectivity index (χ3v) is 4.26. The van der Waals surface area contributed by atoms with E-state index in [9.17, 15) is 9.18 Å². The van der Waals surface area contributed by atoms with E-state index < -0.39 is 5.82 Å². The smallest absolute Gasteiger partial charge is 0.251 e. The summed E-state index contributed by atoms with van der Waals surface area (Å²) in [6.07, 6.45) is 2.09. The molecule has 92 valence electrons. The van der Waals surface area contributed by atoms with Gasteiger partial charge in [-0.15, -0.1) is 11.6 Å². The maximum absolute atomic E-state index is 13.2. The second-order valence-corrected chi connectivity index (χ2v) is 5.57. The van der Waals surface area contributed by atoms with Gasteiger partial charge in [-0.3, -0.25) is 4.79 Å². The van der Waals surface area contributed by atoms with E-state index in [1.165, 1.54) is 12.1 Å². The molecule has 0 unspecified atom stereocenters. The van der Waals surface area contributed by atoms with Crippen LogP contribution < -0.4 is 5.32 Å². The number of benzene rings is 1. The van der Waals surface area contributed by atoms with Crippen LogP contribution >= 0.6 is 27.5 Å². The topological polar surface area (TPSA) is 29.1 Å². The summed E-state index contributed by atoms with van der Waals surface area (Å²) in [6.45, 7) is 0.563. The first-order valence-electron chi connectivity index (χ1n) is 5.36. The fourth-order valence-corrected chi connectivity index (χ4v) is 2.15. The molecule has 0 radical (unpaired) electrons. The monoisotopic (exact) mass is 319 g/mol. The fraction of sp³-hybridized carbons (Fsp3) is 0.417. The van der Waals surface area contributed by atoms with Gasteiger partial charge >= 0.3 is 0 Å². The van der Waals surface area contributed by atoms with Crippen molar-refractivity contribution in [3.8, 4) is 0 Å². The summed E-state index contributed by atoms with van der Waals surface area (Å²) in [6, 6.07) is 4.33. The first-order valence-corrected chi connectivity index (χ1v) is 6.68. The molecule has 2 nitrogen and oxygen atoms in total. The molecule has 1 aromatic carbocycles. The summed E-state index contributed by atoms with van der Waals surface area (Å²) >= 11 is 8.86. The zero-order chi connectivity index (χ0) is 12.5. The molecular weight excluding hydrogens is 308 g/mol. The van der Waals surface area contributed by atoms with Gasteiger partial charge in [-0.2, -0.15) is 0 Å². The molecule has 5 heteroatoms. The number of hydrogen-bond acceptors (Lipinski definition) is 1. The van der Waals surface area contributed by atoms with Crippen LogP contribution in [0.3, 0.4) is 0 Å². The van der Waals surface area contributed by atoms with Crippen molar-refractivity contribution in [3.05, 3.63) is 34.1 Å². The molecule has 17 heavy (non-hydrogen) atoms. The number of carbonyl (C=O) groups excluding carboxylic acids is 1. The molecule has 0 spiro atoms. The Morgan fingerprint density at radius 1 is 1.53 bits per heavy atom. The first kappa shape index (κ1) is 12.8. The minimum absolute atomic E-state index is 0.0745. The molecule has 1 amide bonds. The van der Waals surface area contributed by atoms with Gasteiger partial charge in [-0.1, -0.05) is 0 Å². The Bertz CT molecular complexity index is 448. The maximum Gasteiger partial charge on any atom is 0.251 e. The maximum atomic E-state index is 13.2. The van der Waals surface area contributed by atoms with Gasteiger partial charge in [0.25, 0.3) is 5.91 Å². The minimum Gasteiger partial charge on any atom is -0.351 e. The number of alkyl halides is 1. The summed E-state index contributed by atoms with van der Waals surface area (Å²) in [5, 5.41) is 2.79. The lowest BCUT2D eigenvalue weighted by molar-refractivity contribution is 0.0946. The fourth-order valence-electron chi connectivity index (χ4n) is 1.54. The van der Waals surface area contributed by atoms with Crippen molar-refractivity contribution in [1.82, 2.24) is 5.32 Å². The summed E-state index contributed by atoms with van der Waals surface area (Å²) in [5.41, 5.74) is 0.404. The first-order chi connectivity index (χ1) is 8.06. The molecule has 0 bridgehead atoms. The van der Waals surface area contributed by atoms with Gasteiger partial charge in [0.1, 0.15) is 5.82 Å². The lowest BCUT2D eigenvalue weighted by Gasteiger charge is -2.12. The van der Waals surface area contributed by atoms with E-state index in [-0.39, 0.29) is 11.3 Å². The third-order valence-electron chi connectivity index (χ3n) is 3.05. The molecule has 1 aliphatic carbocycles. The van der Waals surface area contributed by atoms with E-state index in [0.717, 1.165) is 12.8 Å². The molecule has 1 fully saturated rings. The van der Waals surface area contributed by atoms with Crippen molar-refractivity contribution in [2.75, 3.05) is 12.4 Å². The van der Waals surface area contributed by atoms with Gasteiger partial charge in [0.05, 0.1) is 4.47 Å². The van der Waals surface area contributed by atoms with Crippen molar-refractivity contribution < 1.29 is 9.18 Å². The largest absolute Gasteiger partial charge is 0.351 e. The van der Waals surface area contributed by atoms with Crippen molar-refractivity contribution in [3.63, 3.8) is 0 Å². The van der Waals surface area contributed by atoms with Gasteiger partial charge in [-0.25, -0.2) is 4.39 Å². The normalized spacial score (nSPS) is 16.6. The second-order valence-electron chi connectivity index (χ2n) is 4.45. The van der Waals surface area contributed by atoms with Gasteiger partial charge in [-0.05, 0) is 47.0 Å². The zero-order valence-electron chi connectivity index (χ0n) is 9.10. The molecule has 1 aromatic rings. The van der Waals surface area contributed by atoms with Crippen LogP contribution in [0.4, 0.5) is 4.39 Å². The molecule has 0 heterocycles. The van der Waals surface area contributed by atoms with Crippen LogP contribution in [0.25, 0.3) is 0 Å². The van der Waals surface area contributed by atoms with Crippen LogP contribution in [0.1, 0.15) is 23.2 Å². The molecular formula is C12H12BrClFNO. The number of halogens is 3. The number of amides is 1. The van der Waals surface area contributed by atoms with Gasteiger partial charge in [0, 0.05) is 23.4 Å². The number of rotatable bonds is 4. The average Bonchev–Trinajstić information content (AvgIpc) is 3.10. The summed E-state index contributed by atoms with van der Waals surface area (Å²) in [7, 11) is 0.